The molecular formula is C27H26ClN3O3. The van der Waals surface area contributed by atoms with Crippen molar-refractivity contribution in [2.24, 2.45) is 4.99 Å². The quantitative estimate of drug-likeness (QED) is 0.453. The molecule has 0 bridgehead atoms. The van der Waals surface area contributed by atoms with Gasteiger partial charge in [0.25, 0.3) is 0 Å². The van der Waals surface area contributed by atoms with Gasteiger partial charge in [-0.05, 0) is 67.0 Å². The molecule has 3 aromatic carbocycles. The molecule has 1 aliphatic rings. The van der Waals surface area contributed by atoms with Gasteiger partial charge in [-0.1, -0.05) is 54.1 Å². The van der Waals surface area contributed by atoms with Gasteiger partial charge in [-0.25, -0.2) is 0 Å². The average Bonchev–Trinajstić information content (AvgIpc) is 3.11. The van der Waals surface area contributed by atoms with E-state index < -0.39 is 11.9 Å². The fourth-order valence-corrected chi connectivity index (χ4v) is 4.22. The van der Waals surface area contributed by atoms with Crippen molar-refractivity contribution in [1.29, 1.82) is 0 Å². The van der Waals surface area contributed by atoms with Crippen LogP contribution in [-0.4, -0.2) is 48.2 Å². The lowest BCUT2D eigenvalue weighted by atomic mass is 9.90. The molecule has 2 N–H and O–H groups in total. The Morgan fingerprint density at radius 1 is 1.06 bits per heavy atom. The topological polar surface area (TPSA) is 82.0 Å². The number of nitrogens with zero attached hydrogens (tertiary/aromatic N) is 2. The highest BCUT2D eigenvalue weighted by Gasteiger charge is 2.35. The molecule has 0 fully saturated rings. The zero-order valence-corrected chi connectivity index (χ0v) is 19.8. The molecule has 0 radical (unpaired) electrons. The number of carbonyl (C=O) groups is 2. The molecule has 6 nitrogen and oxygen atoms in total. The Kier molecular flexibility index (Phi) is 7.10. The SMILES string of the molecule is CN(C)CCc1cccc(N=C(c2ccc(CC(=O)O)cc2)C2C(=O)Nc3cc(Cl)ccc32)c1. The van der Waals surface area contributed by atoms with Crippen LogP contribution in [0.15, 0.2) is 71.7 Å². The Morgan fingerprint density at radius 3 is 2.53 bits per heavy atom. The molecule has 174 valence electrons. The molecule has 3 aromatic rings. The van der Waals surface area contributed by atoms with Crippen LogP contribution in [0, 0.1) is 0 Å². The molecule has 1 unspecified atom stereocenters. The number of aliphatic carboxylic acids is 1. The van der Waals surface area contributed by atoms with E-state index in [9.17, 15) is 9.59 Å². The molecule has 0 saturated heterocycles. The summed E-state index contributed by atoms with van der Waals surface area (Å²) >= 11 is 6.14. The van der Waals surface area contributed by atoms with Crippen LogP contribution in [0.3, 0.4) is 0 Å². The number of carboxylic acids is 1. The van der Waals surface area contributed by atoms with Crippen molar-refractivity contribution >= 4 is 40.6 Å². The highest BCUT2D eigenvalue weighted by molar-refractivity contribution is 6.31. The number of halogens is 1. The third kappa shape index (κ3) is 5.53. The summed E-state index contributed by atoms with van der Waals surface area (Å²) < 4.78 is 0. The number of hydrogen-bond acceptors (Lipinski definition) is 4. The van der Waals surface area contributed by atoms with Gasteiger partial charge in [-0.15, -0.1) is 0 Å². The van der Waals surface area contributed by atoms with Gasteiger partial charge in [0, 0.05) is 17.3 Å². The fourth-order valence-electron chi connectivity index (χ4n) is 4.04. The second-order valence-corrected chi connectivity index (χ2v) is 9.08. The van der Waals surface area contributed by atoms with E-state index in [-0.39, 0.29) is 12.3 Å². The van der Waals surface area contributed by atoms with E-state index >= 15 is 0 Å². The van der Waals surface area contributed by atoms with Crippen LogP contribution < -0.4 is 5.32 Å². The minimum absolute atomic E-state index is 0.0636. The summed E-state index contributed by atoms with van der Waals surface area (Å²) in [7, 11) is 4.08. The minimum atomic E-state index is -0.892. The third-order valence-corrected chi connectivity index (χ3v) is 5.97. The summed E-state index contributed by atoms with van der Waals surface area (Å²) in [6.07, 6.45) is 0.826. The molecule has 0 aliphatic carbocycles. The van der Waals surface area contributed by atoms with Crippen LogP contribution in [0.2, 0.25) is 5.02 Å². The molecule has 0 aromatic heterocycles. The van der Waals surface area contributed by atoms with Gasteiger partial charge in [0.2, 0.25) is 5.91 Å². The molecule has 7 heteroatoms. The van der Waals surface area contributed by atoms with Gasteiger partial charge in [0.05, 0.1) is 17.8 Å². The summed E-state index contributed by atoms with van der Waals surface area (Å²) in [6.45, 7) is 0.921. The Labute approximate surface area is 203 Å². The van der Waals surface area contributed by atoms with Crippen molar-refractivity contribution < 1.29 is 14.7 Å². The maximum absolute atomic E-state index is 13.1. The summed E-state index contributed by atoms with van der Waals surface area (Å²) in [5, 5.41) is 12.6. The van der Waals surface area contributed by atoms with E-state index in [0.29, 0.717) is 22.0 Å². The number of rotatable bonds is 8. The predicted molar refractivity (Wildman–Crippen MR) is 136 cm³/mol. The number of fused-ring (bicyclic) bond motifs is 1. The van der Waals surface area contributed by atoms with Gasteiger partial charge in [-0.2, -0.15) is 0 Å². The van der Waals surface area contributed by atoms with Crippen LogP contribution in [0.5, 0.6) is 0 Å². The van der Waals surface area contributed by atoms with Crippen molar-refractivity contribution in [3.05, 3.63) is 94.0 Å². The standard InChI is InChI=1S/C27H26ClN3O3/c1-31(2)13-12-17-4-3-5-21(14-17)29-26(19-8-6-18(7-9-19)15-24(32)33)25-22-11-10-20(28)16-23(22)30-27(25)34/h3-11,14,16,25H,12-13,15H2,1-2H3,(H,30,34)(H,32,33). The number of likely N-dealkylation sites (N-methyl/N-ethyl adjacent to an activating group) is 1. The Morgan fingerprint density at radius 2 is 1.82 bits per heavy atom. The zero-order chi connectivity index (χ0) is 24.2. The van der Waals surface area contributed by atoms with Crippen molar-refractivity contribution in [3.63, 3.8) is 0 Å². The number of amides is 1. The summed E-state index contributed by atoms with van der Waals surface area (Å²) in [5.41, 5.74) is 5.46. The van der Waals surface area contributed by atoms with Crippen molar-refractivity contribution in [1.82, 2.24) is 4.90 Å². The van der Waals surface area contributed by atoms with Crippen LogP contribution in [0.1, 0.15) is 28.2 Å². The monoisotopic (exact) mass is 475 g/mol. The van der Waals surface area contributed by atoms with Crippen molar-refractivity contribution in [2.75, 3.05) is 26.0 Å². The lowest BCUT2D eigenvalue weighted by Crippen LogP contribution is -2.22. The van der Waals surface area contributed by atoms with E-state index in [0.717, 1.165) is 35.3 Å². The van der Waals surface area contributed by atoms with Gasteiger partial charge < -0.3 is 15.3 Å². The second-order valence-electron chi connectivity index (χ2n) is 8.64. The van der Waals surface area contributed by atoms with Gasteiger partial charge in [-0.3, -0.25) is 14.6 Å². The fraction of sp³-hybridized carbons (Fsp3) is 0.222. The first-order chi connectivity index (χ1) is 16.3. The third-order valence-electron chi connectivity index (χ3n) is 5.73. The lowest BCUT2D eigenvalue weighted by Gasteiger charge is -2.15. The molecule has 1 heterocycles. The van der Waals surface area contributed by atoms with E-state index in [1.54, 1.807) is 24.3 Å². The van der Waals surface area contributed by atoms with E-state index in [4.69, 9.17) is 21.7 Å². The first-order valence-electron chi connectivity index (χ1n) is 11.0. The Hall–Kier alpha value is -3.48. The number of nitrogens with one attached hydrogen (secondary N) is 1. The first-order valence-corrected chi connectivity index (χ1v) is 11.4. The zero-order valence-electron chi connectivity index (χ0n) is 19.1. The molecule has 1 amide bonds. The van der Waals surface area contributed by atoms with Gasteiger partial charge in [0.1, 0.15) is 5.92 Å². The maximum Gasteiger partial charge on any atom is 0.307 e. The van der Waals surface area contributed by atoms with Crippen LogP contribution in [-0.2, 0) is 22.4 Å². The van der Waals surface area contributed by atoms with E-state index in [1.807, 2.05) is 50.5 Å². The average molecular weight is 476 g/mol. The van der Waals surface area contributed by atoms with Crippen LogP contribution >= 0.6 is 11.6 Å². The molecule has 1 aliphatic heterocycles. The Balaban J connectivity index is 1.78. The predicted octanol–water partition coefficient (Wildman–Crippen LogP) is 4.93. The first kappa shape index (κ1) is 23.7. The van der Waals surface area contributed by atoms with Gasteiger partial charge in [0.15, 0.2) is 0 Å². The van der Waals surface area contributed by atoms with Crippen LogP contribution in [0.25, 0.3) is 0 Å². The Bertz CT molecular complexity index is 1250. The molecule has 1 atom stereocenters. The highest BCUT2D eigenvalue weighted by atomic mass is 35.5. The number of carbonyl (C=O) groups excluding carboxylic acids is 1. The summed E-state index contributed by atoms with van der Waals surface area (Å²) in [4.78, 5) is 31.3. The highest BCUT2D eigenvalue weighted by Crippen LogP contribution is 2.37. The number of anilines is 1. The second kappa shape index (κ2) is 10.2. The smallest absolute Gasteiger partial charge is 0.307 e. The van der Waals surface area contributed by atoms with Crippen molar-refractivity contribution in [3.8, 4) is 0 Å². The normalized spacial score (nSPS) is 15.4. The number of benzene rings is 3. The summed E-state index contributed by atoms with van der Waals surface area (Å²) in [6, 6.07) is 20.6. The van der Waals surface area contributed by atoms with Crippen LogP contribution in [0.4, 0.5) is 11.4 Å². The maximum atomic E-state index is 13.1. The van der Waals surface area contributed by atoms with E-state index in [2.05, 4.69) is 16.3 Å². The number of carboxylic acid groups (broad SMARTS) is 1. The molecule has 0 saturated carbocycles. The largest absolute Gasteiger partial charge is 0.481 e. The minimum Gasteiger partial charge on any atom is -0.481 e. The van der Waals surface area contributed by atoms with Crippen molar-refractivity contribution in [2.45, 2.75) is 18.8 Å². The summed E-state index contributed by atoms with van der Waals surface area (Å²) in [5.74, 6) is -1.67. The van der Waals surface area contributed by atoms with E-state index in [1.165, 1.54) is 0 Å². The molecule has 4 rings (SSSR count). The molecule has 0 spiro atoms. The van der Waals surface area contributed by atoms with Gasteiger partial charge >= 0.3 is 5.97 Å². The molecule has 34 heavy (non-hydrogen) atoms. The molecular weight excluding hydrogens is 450 g/mol. The number of aliphatic imine (C=N–C) groups is 1. The lowest BCUT2D eigenvalue weighted by molar-refractivity contribution is -0.136. The number of hydrogen-bond donors (Lipinski definition) is 2.